The highest BCUT2D eigenvalue weighted by molar-refractivity contribution is 5.95. The summed E-state index contributed by atoms with van der Waals surface area (Å²) in [5, 5.41) is 0. The van der Waals surface area contributed by atoms with E-state index < -0.39 is 11.8 Å². The van der Waals surface area contributed by atoms with Crippen LogP contribution in [-0.2, 0) is 9.47 Å². The van der Waals surface area contributed by atoms with Gasteiger partial charge in [0.25, 0.3) is 0 Å². The van der Waals surface area contributed by atoms with E-state index in [9.17, 15) is 9.18 Å². The Bertz CT molecular complexity index is 449. The summed E-state index contributed by atoms with van der Waals surface area (Å²) in [5.41, 5.74) is 5.38. The van der Waals surface area contributed by atoms with E-state index in [2.05, 4.69) is 4.74 Å². The molecule has 0 saturated carbocycles. The maximum Gasteiger partial charge on any atom is 0.342 e. The van der Waals surface area contributed by atoms with Crippen molar-refractivity contribution in [3.63, 3.8) is 0 Å². The number of anilines is 1. The third kappa shape index (κ3) is 3.14. The van der Waals surface area contributed by atoms with Crippen LogP contribution in [0.2, 0.25) is 0 Å². The van der Waals surface area contributed by atoms with Crippen LogP contribution in [-0.4, -0.2) is 32.9 Å². The van der Waals surface area contributed by atoms with Crippen LogP contribution in [0.25, 0.3) is 0 Å². The Labute approximate surface area is 110 Å². The van der Waals surface area contributed by atoms with Crippen LogP contribution in [0.3, 0.4) is 0 Å². The number of rotatable bonds is 4. The zero-order valence-corrected chi connectivity index (χ0v) is 10.6. The number of methoxy groups -OCH3 is 1. The normalized spacial score (nSPS) is 18.3. The number of carbonyl (C=O) groups excluding carboxylic acids is 1. The number of nitrogen functional groups attached to an aromatic ring is 1. The Hall–Kier alpha value is -1.82. The van der Waals surface area contributed by atoms with Crippen molar-refractivity contribution in [3.05, 3.63) is 23.5 Å². The van der Waals surface area contributed by atoms with E-state index in [0.717, 1.165) is 19.1 Å². The van der Waals surface area contributed by atoms with Crippen LogP contribution in [0.15, 0.2) is 12.1 Å². The van der Waals surface area contributed by atoms with Gasteiger partial charge >= 0.3 is 5.97 Å². The van der Waals surface area contributed by atoms with Crippen LogP contribution in [0.4, 0.5) is 10.1 Å². The van der Waals surface area contributed by atoms with E-state index >= 15 is 0 Å². The highest BCUT2D eigenvalue weighted by Crippen LogP contribution is 2.25. The fraction of sp³-hybridized carbons (Fsp3) is 0.462. The predicted octanol–water partition coefficient (Wildman–Crippen LogP) is 1.61. The maximum atomic E-state index is 13.8. The van der Waals surface area contributed by atoms with Gasteiger partial charge in [0.15, 0.2) is 0 Å². The van der Waals surface area contributed by atoms with Crippen molar-refractivity contribution in [1.82, 2.24) is 0 Å². The fourth-order valence-electron chi connectivity index (χ4n) is 1.93. The number of ether oxygens (including phenoxy) is 3. The van der Waals surface area contributed by atoms with E-state index in [-0.39, 0.29) is 11.3 Å². The fourth-order valence-corrected chi connectivity index (χ4v) is 1.93. The van der Waals surface area contributed by atoms with Gasteiger partial charge in [0.1, 0.15) is 17.1 Å². The maximum absolute atomic E-state index is 13.8. The molecule has 2 rings (SSSR count). The molecule has 1 unspecified atom stereocenters. The minimum atomic E-state index is -0.800. The number of hydrogen-bond donors (Lipinski definition) is 1. The summed E-state index contributed by atoms with van der Waals surface area (Å²) >= 11 is 0. The van der Waals surface area contributed by atoms with E-state index in [1.807, 2.05) is 0 Å². The van der Waals surface area contributed by atoms with Crippen molar-refractivity contribution in [2.45, 2.75) is 6.42 Å². The molecule has 1 heterocycles. The summed E-state index contributed by atoms with van der Waals surface area (Å²) < 4.78 is 28.9. The average molecular weight is 269 g/mol. The lowest BCUT2D eigenvalue weighted by atomic mass is 10.1. The van der Waals surface area contributed by atoms with Gasteiger partial charge in [0.05, 0.1) is 26.0 Å². The summed E-state index contributed by atoms with van der Waals surface area (Å²) in [6.45, 7) is 1.82. The molecule has 0 bridgehead atoms. The topological polar surface area (TPSA) is 70.8 Å². The standard InChI is InChI=1S/C13H16FNO4/c1-17-13(16)12-10(14)4-9(5-11(12)15)19-7-8-2-3-18-6-8/h4-5,8H,2-3,6-7,15H2,1H3. The van der Waals surface area contributed by atoms with Crippen LogP contribution in [0, 0.1) is 11.7 Å². The minimum absolute atomic E-state index is 0.00419. The van der Waals surface area contributed by atoms with Gasteiger partial charge in [0.2, 0.25) is 0 Å². The Kier molecular flexibility index (Phi) is 4.21. The smallest absolute Gasteiger partial charge is 0.342 e. The van der Waals surface area contributed by atoms with Crippen LogP contribution < -0.4 is 10.5 Å². The molecule has 104 valence electrons. The molecule has 1 atom stereocenters. The second kappa shape index (κ2) is 5.88. The van der Waals surface area contributed by atoms with Crippen LogP contribution in [0.5, 0.6) is 5.75 Å². The first kappa shape index (κ1) is 13.6. The Morgan fingerprint density at radius 2 is 2.37 bits per heavy atom. The Morgan fingerprint density at radius 3 is 2.95 bits per heavy atom. The lowest BCUT2D eigenvalue weighted by molar-refractivity contribution is 0.0596. The average Bonchev–Trinajstić information content (AvgIpc) is 2.88. The van der Waals surface area contributed by atoms with Crippen molar-refractivity contribution < 1.29 is 23.4 Å². The second-order valence-corrected chi connectivity index (χ2v) is 4.40. The number of benzene rings is 1. The third-order valence-corrected chi connectivity index (χ3v) is 2.99. The highest BCUT2D eigenvalue weighted by Gasteiger charge is 2.19. The van der Waals surface area contributed by atoms with E-state index in [1.54, 1.807) is 0 Å². The molecule has 0 aliphatic carbocycles. The first-order valence-corrected chi connectivity index (χ1v) is 5.99. The van der Waals surface area contributed by atoms with Gasteiger partial charge < -0.3 is 19.9 Å². The van der Waals surface area contributed by atoms with Gasteiger partial charge in [-0.1, -0.05) is 0 Å². The van der Waals surface area contributed by atoms with Gasteiger partial charge in [-0.15, -0.1) is 0 Å². The molecular weight excluding hydrogens is 253 g/mol. The number of carbonyl (C=O) groups is 1. The molecule has 1 fully saturated rings. The molecule has 2 N–H and O–H groups in total. The van der Waals surface area contributed by atoms with Crippen molar-refractivity contribution in [1.29, 1.82) is 0 Å². The zero-order valence-electron chi connectivity index (χ0n) is 10.6. The number of nitrogens with two attached hydrogens (primary N) is 1. The predicted molar refractivity (Wildman–Crippen MR) is 66.6 cm³/mol. The van der Waals surface area contributed by atoms with Crippen LogP contribution >= 0.6 is 0 Å². The van der Waals surface area contributed by atoms with Gasteiger partial charge in [-0.2, -0.15) is 0 Å². The molecular formula is C13H16FNO4. The lowest BCUT2D eigenvalue weighted by Crippen LogP contribution is -2.13. The van der Waals surface area contributed by atoms with Crippen molar-refractivity contribution in [2.75, 3.05) is 32.7 Å². The molecule has 0 spiro atoms. The molecule has 0 aromatic heterocycles. The molecule has 1 saturated heterocycles. The molecule has 1 aromatic rings. The molecule has 19 heavy (non-hydrogen) atoms. The molecule has 1 aromatic carbocycles. The Morgan fingerprint density at radius 1 is 1.58 bits per heavy atom. The number of halogens is 1. The second-order valence-electron chi connectivity index (χ2n) is 4.40. The van der Waals surface area contributed by atoms with Gasteiger partial charge in [0, 0.05) is 24.7 Å². The summed E-state index contributed by atoms with van der Waals surface area (Å²) in [6, 6.07) is 2.56. The molecule has 5 nitrogen and oxygen atoms in total. The summed E-state index contributed by atoms with van der Waals surface area (Å²) in [4.78, 5) is 11.3. The lowest BCUT2D eigenvalue weighted by Gasteiger charge is -2.12. The van der Waals surface area contributed by atoms with E-state index in [0.29, 0.717) is 24.9 Å². The highest BCUT2D eigenvalue weighted by atomic mass is 19.1. The number of esters is 1. The Balaban J connectivity index is 2.08. The molecule has 0 amide bonds. The van der Waals surface area contributed by atoms with Crippen molar-refractivity contribution in [2.24, 2.45) is 5.92 Å². The zero-order chi connectivity index (χ0) is 13.8. The van der Waals surface area contributed by atoms with E-state index in [4.69, 9.17) is 15.2 Å². The van der Waals surface area contributed by atoms with E-state index in [1.165, 1.54) is 13.2 Å². The molecule has 0 radical (unpaired) electrons. The SMILES string of the molecule is COC(=O)c1c(N)cc(OCC2CCOC2)cc1F. The van der Waals surface area contributed by atoms with Gasteiger partial charge in [-0.3, -0.25) is 0 Å². The first-order valence-electron chi connectivity index (χ1n) is 5.99. The first-order chi connectivity index (χ1) is 9.11. The monoisotopic (exact) mass is 269 g/mol. The quantitative estimate of drug-likeness (QED) is 0.664. The summed E-state index contributed by atoms with van der Waals surface area (Å²) in [7, 11) is 1.17. The summed E-state index contributed by atoms with van der Waals surface area (Å²) in [6.07, 6.45) is 0.929. The van der Waals surface area contributed by atoms with Gasteiger partial charge in [-0.05, 0) is 6.42 Å². The molecule has 6 heteroatoms. The number of hydrogen-bond acceptors (Lipinski definition) is 5. The molecule has 1 aliphatic heterocycles. The van der Waals surface area contributed by atoms with Gasteiger partial charge in [-0.25, -0.2) is 9.18 Å². The largest absolute Gasteiger partial charge is 0.493 e. The summed E-state index contributed by atoms with van der Waals surface area (Å²) in [5.74, 6) is -0.936. The third-order valence-electron chi connectivity index (χ3n) is 2.99. The minimum Gasteiger partial charge on any atom is -0.493 e. The van der Waals surface area contributed by atoms with Crippen molar-refractivity contribution >= 4 is 11.7 Å². The molecule has 1 aliphatic rings. The van der Waals surface area contributed by atoms with Crippen LogP contribution in [0.1, 0.15) is 16.8 Å². The van der Waals surface area contributed by atoms with Crippen molar-refractivity contribution in [3.8, 4) is 5.75 Å².